The SMILES string of the molecule is C=Cc1ccc(CN2C(=O)N(c3ccc(CC)cc3)[C@@H]3CS(=O)(=O)C[C@H]32)cc1. The lowest BCUT2D eigenvalue weighted by atomic mass is 10.1. The molecule has 2 heterocycles. The molecule has 0 N–H and O–H groups in total. The molecular weight excluding hydrogens is 372 g/mol. The summed E-state index contributed by atoms with van der Waals surface area (Å²) in [6.07, 6.45) is 2.69. The summed E-state index contributed by atoms with van der Waals surface area (Å²) in [5.41, 5.74) is 3.93. The minimum Gasteiger partial charge on any atom is -0.314 e. The molecule has 0 saturated carbocycles. The van der Waals surface area contributed by atoms with Gasteiger partial charge < -0.3 is 4.90 Å². The van der Waals surface area contributed by atoms with E-state index in [1.54, 1.807) is 15.9 Å². The summed E-state index contributed by atoms with van der Waals surface area (Å²) < 4.78 is 24.7. The van der Waals surface area contributed by atoms with E-state index in [4.69, 9.17) is 0 Å². The number of anilines is 1. The first-order chi connectivity index (χ1) is 13.4. The van der Waals surface area contributed by atoms with Gasteiger partial charge in [0, 0.05) is 12.2 Å². The van der Waals surface area contributed by atoms with Crippen molar-refractivity contribution in [1.82, 2.24) is 4.90 Å². The van der Waals surface area contributed by atoms with E-state index >= 15 is 0 Å². The summed E-state index contributed by atoms with van der Waals surface area (Å²) in [7, 11) is -3.17. The van der Waals surface area contributed by atoms with Crippen molar-refractivity contribution in [1.29, 1.82) is 0 Å². The first-order valence-corrected chi connectivity index (χ1v) is 11.3. The fourth-order valence-electron chi connectivity index (χ4n) is 4.11. The largest absolute Gasteiger partial charge is 0.325 e. The van der Waals surface area contributed by atoms with E-state index in [1.165, 1.54) is 5.56 Å². The Balaban J connectivity index is 1.66. The van der Waals surface area contributed by atoms with Crippen LogP contribution in [-0.2, 0) is 22.8 Å². The van der Waals surface area contributed by atoms with Crippen LogP contribution in [0.1, 0.15) is 23.6 Å². The molecule has 0 aliphatic carbocycles. The van der Waals surface area contributed by atoms with Crippen LogP contribution in [0.2, 0.25) is 0 Å². The van der Waals surface area contributed by atoms with Gasteiger partial charge >= 0.3 is 6.03 Å². The molecule has 0 unspecified atom stereocenters. The maximum Gasteiger partial charge on any atom is 0.325 e. The highest BCUT2D eigenvalue weighted by atomic mass is 32.2. The maximum atomic E-state index is 13.3. The lowest BCUT2D eigenvalue weighted by Gasteiger charge is -2.23. The third-order valence-electron chi connectivity index (χ3n) is 5.67. The van der Waals surface area contributed by atoms with Gasteiger partial charge in [-0.3, -0.25) is 4.90 Å². The second-order valence-corrected chi connectivity index (χ2v) is 9.61. The van der Waals surface area contributed by atoms with E-state index in [2.05, 4.69) is 13.5 Å². The number of carbonyl (C=O) groups excluding carboxylic acids is 1. The van der Waals surface area contributed by atoms with E-state index in [1.807, 2.05) is 48.5 Å². The van der Waals surface area contributed by atoms with Crippen molar-refractivity contribution in [2.24, 2.45) is 0 Å². The van der Waals surface area contributed by atoms with Crippen LogP contribution in [0.25, 0.3) is 6.08 Å². The number of carbonyl (C=O) groups is 1. The lowest BCUT2D eigenvalue weighted by molar-refractivity contribution is 0.206. The molecule has 2 aliphatic rings. The molecule has 0 spiro atoms. The maximum absolute atomic E-state index is 13.3. The van der Waals surface area contributed by atoms with Gasteiger partial charge in [-0.1, -0.05) is 56.0 Å². The number of benzene rings is 2. The van der Waals surface area contributed by atoms with Crippen molar-refractivity contribution >= 4 is 27.6 Å². The Kier molecular flexibility index (Phi) is 4.75. The summed E-state index contributed by atoms with van der Waals surface area (Å²) in [6.45, 7) is 6.23. The number of aryl methyl sites for hydroxylation is 1. The number of urea groups is 1. The molecule has 2 saturated heterocycles. The lowest BCUT2D eigenvalue weighted by Crippen LogP contribution is -2.37. The first kappa shape index (κ1) is 18.7. The molecule has 146 valence electrons. The summed E-state index contributed by atoms with van der Waals surface area (Å²) in [4.78, 5) is 16.6. The van der Waals surface area contributed by atoms with Crippen molar-refractivity contribution in [2.75, 3.05) is 16.4 Å². The molecule has 2 atom stereocenters. The van der Waals surface area contributed by atoms with Gasteiger partial charge in [0.25, 0.3) is 0 Å². The highest BCUT2D eigenvalue weighted by Crippen LogP contribution is 2.36. The zero-order chi connectivity index (χ0) is 19.9. The zero-order valence-electron chi connectivity index (χ0n) is 15.9. The van der Waals surface area contributed by atoms with E-state index in [0.29, 0.717) is 6.54 Å². The Morgan fingerprint density at radius 2 is 1.61 bits per heavy atom. The van der Waals surface area contributed by atoms with Gasteiger partial charge in [0.15, 0.2) is 9.84 Å². The number of nitrogens with zero attached hydrogens (tertiary/aromatic N) is 2. The van der Waals surface area contributed by atoms with E-state index < -0.39 is 9.84 Å². The van der Waals surface area contributed by atoms with Crippen molar-refractivity contribution in [3.63, 3.8) is 0 Å². The van der Waals surface area contributed by atoms with Crippen LogP contribution in [0.4, 0.5) is 10.5 Å². The number of fused-ring (bicyclic) bond motifs is 1. The van der Waals surface area contributed by atoms with Gasteiger partial charge in [-0.2, -0.15) is 0 Å². The third kappa shape index (κ3) is 3.33. The molecule has 2 amide bonds. The normalized spacial score (nSPS) is 23.1. The van der Waals surface area contributed by atoms with Crippen LogP contribution in [0.3, 0.4) is 0 Å². The Morgan fingerprint density at radius 3 is 2.21 bits per heavy atom. The number of rotatable bonds is 5. The molecule has 2 aromatic rings. The third-order valence-corrected chi connectivity index (χ3v) is 7.37. The number of sulfone groups is 1. The Hall–Kier alpha value is -2.60. The van der Waals surface area contributed by atoms with Gasteiger partial charge in [-0.15, -0.1) is 0 Å². The Bertz CT molecular complexity index is 997. The standard InChI is InChI=1S/C22H24N2O3S/c1-3-16-5-7-18(8-6-16)13-23-20-14-28(26,27)15-21(20)24(22(23)25)19-11-9-17(4-2)10-12-19/h3,5-12,20-21H,1,4,13-15H2,2H3/t20-,21-/m1/s1. The Morgan fingerprint density at radius 1 is 1.00 bits per heavy atom. The molecule has 0 radical (unpaired) electrons. The fraction of sp³-hybridized carbons (Fsp3) is 0.318. The van der Waals surface area contributed by atoms with Crippen molar-refractivity contribution < 1.29 is 13.2 Å². The number of amides is 2. The van der Waals surface area contributed by atoms with Gasteiger partial charge in [-0.25, -0.2) is 13.2 Å². The van der Waals surface area contributed by atoms with Crippen molar-refractivity contribution in [2.45, 2.75) is 32.0 Å². The van der Waals surface area contributed by atoms with Crippen LogP contribution in [0.5, 0.6) is 0 Å². The molecule has 2 fully saturated rings. The van der Waals surface area contributed by atoms with Crippen LogP contribution in [-0.4, -0.2) is 42.9 Å². The number of hydrogen-bond donors (Lipinski definition) is 0. The van der Waals surface area contributed by atoms with E-state index in [-0.39, 0.29) is 29.6 Å². The second kappa shape index (κ2) is 7.09. The van der Waals surface area contributed by atoms with Crippen molar-refractivity contribution in [3.05, 3.63) is 71.8 Å². The molecule has 4 rings (SSSR count). The van der Waals surface area contributed by atoms with Crippen LogP contribution in [0.15, 0.2) is 55.1 Å². The topological polar surface area (TPSA) is 57.7 Å². The molecule has 5 nitrogen and oxygen atoms in total. The number of hydrogen-bond acceptors (Lipinski definition) is 3. The highest BCUT2D eigenvalue weighted by Gasteiger charge is 2.53. The van der Waals surface area contributed by atoms with Gasteiger partial charge in [0.1, 0.15) is 0 Å². The molecule has 2 aromatic carbocycles. The van der Waals surface area contributed by atoms with Gasteiger partial charge in [-0.05, 0) is 35.2 Å². The summed E-state index contributed by atoms with van der Waals surface area (Å²) in [5.74, 6) is 0.0442. The van der Waals surface area contributed by atoms with E-state index in [9.17, 15) is 13.2 Å². The molecule has 0 aromatic heterocycles. The summed E-state index contributed by atoms with van der Waals surface area (Å²) in [5, 5.41) is 0. The molecule has 0 bridgehead atoms. The highest BCUT2D eigenvalue weighted by molar-refractivity contribution is 7.91. The average molecular weight is 397 g/mol. The smallest absolute Gasteiger partial charge is 0.314 e. The molecule has 2 aliphatic heterocycles. The molecular formula is C22H24N2O3S. The summed E-state index contributed by atoms with van der Waals surface area (Å²) >= 11 is 0. The van der Waals surface area contributed by atoms with Crippen LogP contribution < -0.4 is 4.90 Å². The predicted octanol–water partition coefficient (Wildman–Crippen LogP) is 3.50. The van der Waals surface area contributed by atoms with E-state index in [0.717, 1.165) is 23.2 Å². The quantitative estimate of drug-likeness (QED) is 0.727. The zero-order valence-corrected chi connectivity index (χ0v) is 16.7. The average Bonchev–Trinajstić information content (AvgIpc) is 3.13. The Labute approximate surface area is 166 Å². The minimum absolute atomic E-state index is 0.0187. The summed E-state index contributed by atoms with van der Waals surface area (Å²) in [6, 6.07) is 14.9. The first-order valence-electron chi connectivity index (χ1n) is 9.52. The van der Waals surface area contributed by atoms with Crippen LogP contribution in [0, 0.1) is 0 Å². The fourth-order valence-corrected chi connectivity index (χ4v) is 6.06. The monoisotopic (exact) mass is 396 g/mol. The van der Waals surface area contributed by atoms with Crippen LogP contribution >= 0.6 is 0 Å². The minimum atomic E-state index is -3.17. The van der Waals surface area contributed by atoms with Gasteiger partial charge in [0.05, 0.1) is 23.6 Å². The molecule has 6 heteroatoms. The second-order valence-electron chi connectivity index (χ2n) is 7.46. The van der Waals surface area contributed by atoms with Crippen molar-refractivity contribution in [3.8, 4) is 0 Å². The predicted molar refractivity (Wildman–Crippen MR) is 112 cm³/mol. The molecule has 28 heavy (non-hydrogen) atoms. The van der Waals surface area contributed by atoms with Gasteiger partial charge in [0.2, 0.25) is 0 Å².